The average Bonchev–Trinajstić information content (AvgIpc) is 2.38. The van der Waals surface area contributed by atoms with E-state index in [0.717, 1.165) is 0 Å². The average molecular weight is 345 g/mol. The van der Waals surface area contributed by atoms with Gasteiger partial charge >= 0.3 is 6.03 Å². The Hall–Kier alpha value is -1.83. The van der Waals surface area contributed by atoms with Crippen LogP contribution in [0.4, 0.5) is 19.3 Å². The molecular formula is C15H21F2N3O2S. The number of anilines is 1. The molecule has 1 rings (SSSR count). The minimum atomic E-state index is -2.59. The van der Waals surface area contributed by atoms with E-state index in [2.05, 4.69) is 16.0 Å². The first-order chi connectivity index (χ1) is 10.6. The van der Waals surface area contributed by atoms with E-state index in [1.807, 2.05) is 20.8 Å². The first-order valence-corrected chi connectivity index (χ1v) is 7.90. The summed E-state index contributed by atoms with van der Waals surface area (Å²) in [5, 5.41) is 7.69. The third-order valence-electron chi connectivity index (χ3n) is 2.59. The molecule has 0 aliphatic carbocycles. The molecule has 0 saturated heterocycles. The molecule has 8 heteroatoms. The number of benzene rings is 1. The summed E-state index contributed by atoms with van der Waals surface area (Å²) in [6, 6.07) is 4.84. The molecule has 0 fully saturated rings. The second kappa shape index (κ2) is 8.14. The maximum atomic E-state index is 12.5. The highest BCUT2D eigenvalue weighted by atomic mass is 32.2. The van der Waals surface area contributed by atoms with Gasteiger partial charge in [0.2, 0.25) is 5.91 Å². The Labute approximate surface area is 138 Å². The zero-order valence-electron chi connectivity index (χ0n) is 13.4. The van der Waals surface area contributed by atoms with Gasteiger partial charge in [-0.1, -0.05) is 23.9 Å². The van der Waals surface area contributed by atoms with Crippen LogP contribution in [0, 0.1) is 0 Å². The maximum absolute atomic E-state index is 12.5. The highest BCUT2D eigenvalue weighted by Crippen LogP contribution is 2.31. The molecule has 1 aromatic carbocycles. The molecule has 0 bridgehead atoms. The van der Waals surface area contributed by atoms with Crippen LogP contribution >= 0.6 is 11.8 Å². The Kier molecular flexibility index (Phi) is 6.80. The van der Waals surface area contributed by atoms with Crippen LogP contribution in [-0.4, -0.2) is 29.3 Å². The minimum absolute atomic E-state index is 0.254. The zero-order valence-corrected chi connectivity index (χ0v) is 14.3. The Morgan fingerprint density at radius 1 is 1.17 bits per heavy atom. The van der Waals surface area contributed by atoms with E-state index in [9.17, 15) is 18.4 Å². The fourth-order valence-electron chi connectivity index (χ4n) is 1.67. The number of hydrogen-bond acceptors (Lipinski definition) is 3. The van der Waals surface area contributed by atoms with E-state index in [1.165, 1.54) is 12.1 Å². The summed E-state index contributed by atoms with van der Waals surface area (Å²) in [4.78, 5) is 24.1. The van der Waals surface area contributed by atoms with Crippen molar-refractivity contribution in [1.29, 1.82) is 0 Å². The van der Waals surface area contributed by atoms with Crippen molar-refractivity contribution in [2.75, 3.05) is 5.32 Å². The number of thioether (sulfide) groups is 1. The molecule has 0 spiro atoms. The second-order valence-electron chi connectivity index (χ2n) is 5.93. The van der Waals surface area contributed by atoms with Gasteiger partial charge in [0.05, 0.1) is 5.69 Å². The number of halogens is 2. The van der Waals surface area contributed by atoms with Crippen LogP contribution in [0.5, 0.6) is 0 Å². The Balaban J connectivity index is 2.65. The van der Waals surface area contributed by atoms with Crippen LogP contribution in [0.3, 0.4) is 0 Å². The highest BCUT2D eigenvalue weighted by molar-refractivity contribution is 7.99. The number of carbonyl (C=O) groups is 2. The number of carbonyl (C=O) groups excluding carboxylic acids is 2. The molecular weight excluding hydrogens is 324 g/mol. The van der Waals surface area contributed by atoms with Gasteiger partial charge in [-0.25, -0.2) is 4.79 Å². The van der Waals surface area contributed by atoms with Crippen LogP contribution in [0.25, 0.3) is 0 Å². The number of urea groups is 1. The predicted octanol–water partition coefficient (Wildman–Crippen LogP) is 3.43. The van der Waals surface area contributed by atoms with E-state index in [1.54, 1.807) is 19.1 Å². The lowest BCUT2D eigenvalue weighted by atomic mass is 10.1. The summed E-state index contributed by atoms with van der Waals surface area (Å²) < 4.78 is 25.0. The number of alkyl halides is 2. The van der Waals surface area contributed by atoms with Crippen LogP contribution in [0.15, 0.2) is 29.2 Å². The van der Waals surface area contributed by atoms with Gasteiger partial charge in [0.15, 0.2) is 0 Å². The summed E-state index contributed by atoms with van der Waals surface area (Å²) in [7, 11) is 0. The molecule has 0 aliphatic heterocycles. The number of rotatable bonds is 5. The first kappa shape index (κ1) is 19.2. The number of nitrogens with one attached hydrogen (secondary N) is 3. The van der Waals surface area contributed by atoms with Gasteiger partial charge in [-0.3, -0.25) is 4.79 Å². The Morgan fingerprint density at radius 3 is 2.35 bits per heavy atom. The van der Waals surface area contributed by atoms with Gasteiger partial charge in [0.1, 0.15) is 6.04 Å². The monoisotopic (exact) mass is 345 g/mol. The second-order valence-corrected chi connectivity index (χ2v) is 6.97. The fraction of sp³-hybridized carbons (Fsp3) is 0.467. The van der Waals surface area contributed by atoms with Crippen molar-refractivity contribution in [2.45, 2.75) is 49.9 Å². The Morgan fingerprint density at radius 2 is 1.78 bits per heavy atom. The number of hydrogen-bond donors (Lipinski definition) is 3. The smallest absolute Gasteiger partial charge is 0.319 e. The molecule has 5 nitrogen and oxygen atoms in total. The summed E-state index contributed by atoms with van der Waals surface area (Å²) in [6.45, 7) is 7.03. The van der Waals surface area contributed by atoms with Crippen molar-refractivity contribution in [3.8, 4) is 0 Å². The SMILES string of the molecule is C[C@H](NC(=O)Nc1ccccc1SC(F)F)C(=O)NC(C)(C)C. The molecule has 0 aliphatic rings. The summed E-state index contributed by atoms with van der Waals surface area (Å²) in [5.41, 5.74) is -0.150. The molecule has 3 N–H and O–H groups in total. The molecule has 0 radical (unpaired) electrons. The third-order valence-corrected chi connectivity index (χ3v) is 3.38. The quantitative estimate of drug-likeness (QED) is 0.716. The lowest BCUT2D eigenvalue weighted by molar-refractivity contribution is -0.123. The van der Waals surface area contributed by atoms with Crippen molar-refractivity contribution in [3.63, 3.8) is 0 Å². The zero-order chi connectivity index (χ0) is 17.6. The van der Waals surface area contributed by atoms with Crippen LogP contribution in [0.2, 0.25) is 0 Å². The normalized spacial score (nSPS) is 12.7. The van der Waals surface area contributed by atoms with Crippen molar-refractivity contribution in [1.82, 2.24) is 10.6 Å². The lowest BCUT2D eigenvalue weighted by Crippen LogP contribution is -2.51. The van der Waals surface area contributed by atoms with Gasteiger partial charge in [-0.15, -0.1) is 0 Å². The van der Waals surface area contributed by atoms with Crippen molar-refractivity contribution in [2.24, 2.45) is 0 Å². The van der Waals surface area contributed by atoms with E-state index < -0.39 is 23.4 Å². The van der Waals surface area contributed by atoms with Crippen molar-refractivity contribution in [3.05, 3.63) is 24.3 Å². The fourth-order valence-corrected chi connectivity index (χ4v) is 2.26. The Bertz CT molecular complexity index is 562. The molecule has 3 amide bonds. The van der Waals surface area contributed by atoms with Gasteiger partial charge in [-0.05, 0) is 39.8 Å². The van der Waals surface area contributed by atoms with E-state index in [4.69, 9.17) is 0 Å². The molecule has 0 unspecified atom stereocenters. The predicted molar refractivity (Wildman–Crippen MR) is 87.8 cm³/mol. The molecule has 0 saturated carbocycles. The number of amides is 3. The largest absolute Gasteiger partial charge is 0.350 e. The van der Waals surface area contributed by atoms with Crippen molar-refractivity contribution >= 4 is 29.4 Å². The first-order valence-electron chi connectivity index (χ1n) is 7.02. The van der Waals surface area contributed by atoms with Crippen LogP contribution < -0.4 is 16.0 Å². The maximum Gasteiger partial charge on any atom is 0.319 e. The number of para-hydroxylation sites is 1. The molecule has 1 atom stereocenters. The van der Waals surface area contributed by atoms with Gasteiger partial charge in [-0.2, -0.15) is 8.78 Å². The molecule has 0 aromatic heterocycles. The van der Waals surface area contributed by atoms with Gasteiger partial charge in [0, 0.05) is 10.4 Å². The van der Waals surface area contributed by atoms with Gasteiger partial charge in [0.25, 0.3) is 5.76 Å². The lowest BCUT2D eigenvalue weighted by Gasteiger charge is -2.23. The van der Waals surface area contributed by atoms with Crippen LogP contribution in [-0.2, 0) is 4.79 Å². The molecule has 0 heterocycles. The molecule has 23 heavy (non-hydrogen) atoms. The minimum Gasteiger partial charge on any atom is -0.350 e. The summed E-state index contributed by atoms with van der Waals surface area (Å²) >= 11 is 0.345. The van der Waals surface area contributed by atoms with E-state index in [-0.39, 0.29) is 16.5 Å². The molecule has 1 aromatic rings. The summed E-state index contributed by atoms with van der Waals surface area (Å²) in [5.74, 6) is -2.92. The highest BCUT2D eigenvalue weighted by Gasteiger charge is 2.21. The molecule has 128 valence electrons. The standard InChI is InChI=1S/C15H21F2N3O2S/c1-9(12(21)20-15(2,3)4)18-14(22)19-10-7-5-6-8-11(10)23-13(16)17/h5-9,13H,1-4H3,(H,20,21)(H2,18,19,22)/t9-/m0/s1. The van der Waals surface area contributed by atoms with E-state index >= 15 is 0 Å². The third kappa shape index (κ3) is 7.32. The van der Waals surface area contributed by atoms with Gasteiger partial charge < -0.3 is 16.0 Å². The summed E-state index contributed by atoms with van der Waals surface area (Å²) in [6.07, 6.45) is 0. The van der Waals surface area contributed by atoms with E-state index in [0.29, 0.717) is 11.8 Å². The topological polar surface area (TPSA) is 70.2 Å². The van der Waals surface area contributed by atoms with Crippen molar-refractivity contribution < 1.29 is 18.4 Å². The van der Waals surface area contributed by atoms with Crippen LogP contribution in [0.1, 0.15) is 27.7 Å².